The minimum absolute atomic E-state index is 0.0236. The molecule has 0 bridgehead atoms. The van der Waals surface area contributed by atoms with Crippen molar-refractivity contribution < 1.29 is 23.2 Å². The summed E-state index contributed by atoms with van der Waals surface area (Å²) in [6.45, 7) is 5.64. The number of halogens is 1. The zero-order valence-electron chi connectivity index (χ0n) is 14.3. The Morgan fingerprint density at radius 2 is 1.88 bits per heavy atom. The zero-order valence-corrected chi connectivity index (χ0v) is 14.3. The topological polar surface area (TPSA) is 93.5 Å². The highest BCUT2D eigenvalue weighted by Crippen LogP contribution is 2.23. The number of ether oxygens (including phenoxy) is 1. The van der Waals surface area contributed by atoms with E-state index in [1.54, 1.807) is 32.9 Å². The van der Waals surface area contributed by atoms with E-state index < -0.39 is 23.4 Å². The number of hydrogen-bond donors (Lipinski definition) is 2. The van der Waals surface area contributed by atoms with Crippen molar-refractivity contribution in [2.75, 3.05) is 13.1 Å². The van der Waals surface area contributed by atoms with Crippen LogP contribution in [0.1, 0.15) is 31.3 Å². The Balaban J connectivity index is 1.82. The van der Waals surface area contributed by atoms with Crippen molar-refractivity contribution in [1.82, 2.24) is 15.8 Å². The van der Waals surface area contributed by atoms with Crippen LogP contribution in [0.3, 0.4) is 0 Å². The van der Waals surface area contributed by atoms with Gasteiger partial charge in [0.1, 0.15) is 11.4 Å². The van der Waals surface area contributed by atoms with Gasteiger partial charge in [0.15, 0.2) is 11.5 Å². The quantitative estimate of drug-likeness (QED) is 0.810. The number of aromatic nitrogens is 1. The van der Waals surface area contributed by atoms with Crippen molar-refractivity contribution in [3.05, 3.63) is 41.8 Å². The third kappa shape index (κ3) is 5.59. The molecule has 1 heterocycles. The lowest BCUT2D eigenvalue weighted by atomic mass is 10.1. The fraction of sp³-hybridized carbons (Fsp3) is 0.353. The molecular formula is C17H20FN3O4. The number of rotatable bonds is 5. The van der Waals surface area contributed by atoms with E-state index in [1.165, 1.54) is 18.2 Å². The molecule has 0 unspecified atom stereocenters. The summed E-state index contributed by atoms with van der Waals surface area (Å²) in [5.74, 6) is -0.792. The molecule has 2 rings (SSSR count). The van der Waals surface area contributed by atoms with E-state index in [-0.39, 0.29) is 30.1 Å². The maximum atomic E-state index is 13.7. The molecule has 2 aromatic rings. The Morgan fingerprint density at radius 3 is 2.56 bits per heavy atom. The monoisotopic (exact) mass is 349 g/mol. The first kappa shape index (κ1) is 18.4. The smallest absolute Gasteiger partial charge is 0.407 e. The highest BCUT2D eigenvalue weighted by atomic mass is 19.1. The lowest BCUT2D eigenvalue weighted by Crippen LogP contribution is -2.37. The zero-order chi connectivity index (χ0) is 18.4. The van der Waals surface area contributed by atoms with Crippen molar-refractivity contribution >= 4 is 12.0 Å². The average Bonchev–Trinajstić information content (AvgIpc) is 3.00. The predicted molar refractivity (Wildman–Crippen MR) is 88.5 cm³/mol. The van der Waals surface area contributed by atoms with E-state index in [9.17, 15) is 14.0 Å². The fourth-order valence-electron chi connectivity index (χ4n) is 1.92. The van der Waals surface area contributed by atoms with E-state index in [0.717, 1.165) is 0 Å². The average molecular weight is 349 g/mol. The van der Waals surface area contributed by atoms with Crippen LogP contribution in [0.15, 0.2) is 34.9 Å². The van der Waals surface area contributed by atoms with Crippen LogP contribution >= 0.6 is 0 Å². The number of carbonyl (C=O) groups is 2. The van der Waals surface area contributed by atoms with Gasteiger partial charge in [0.2, 0.25) is 0 Å². The number of amides is 2. The summed E-state index contributed by atoms with van der Waals surface area (Å²) in [5, 5.41) is 8.72. The van der Waals surface area contributed by atoms with E-state index in [0.29, 0.717) is 0 Å². The van der Waals surface area contributed by atoms with Gasteiger partial charge < -0.3 is 19.9 Å². The highest BCUT2D eigenvalue weighted by molar-refractivity contribution is 5.93. The molecule has 0 aliphatic carbocycles. The second kappa shape index (κ2) is 7.78. The SMILES string of the molecule is CC(C)(C)OC(=O)NCCNC(=O)c1cc(-c2ccccc2F)on1. The number of nitrogens with one attached hydrogen (secondary N) is 2. The molecule has 0 aliphatic heterocycles. The van der Waals surface area contributed by atoms with Crippen LogP contribution in [0.25, 0.3) is 11.3 Å². The molecular weight excluding hydrogens is 329 g/mol. The largest absolute Gasteiger partial charge is 0.444 e. The molecule has 25 heavy (non-hydrogen) atoms. The maximum Gasteiger partial charge on any atom is 0.407 e. The van der Waals surface area contributed by atoms with Crippen molar-refractivity contribution in [2.45, 2.75) is 26.4 Å². The van der Waals surface area contributed by atoms with Crippen LogP contribution in [-0.4, -0.2) is 35.8 Å². The van der Waals surface area contributed by atoms with Gasteiger partial charge in [-0.3, -0.25) is 4.79 Å². The summed E-state index contributed by atoms with van der Waals surface area (Å²) in [5.41, 5.74) is -0.340. The number of carbonyl (C=O) groups excluding carboxylic acids is 2. The molecule has 0 atom stereocenters. The molecule has 7 nitrogen and oxygen atoms in total. The summed E-state index contributed by atoms with van der Waals surface area (Å²) in [7, 11) is 0. The Bertz CT molecular complexity index is 752. The molecule has 0 saturated carbocycles. The normalized spacial score (nSPS) is 11.0. The molecule has 0 radical (unpaired) electrons. The van der Waals surface area contributed by atoms with Gasteiger partial charge in [-0.05, 0) is 32.9 Å². The molecule has 2 N–H and O–H groups in total. The first-order chi connectivity index (χ1) is 11.8. The number of hydrogen-bond acceptors (Lipinski definition) is 5. The van der Waals surface area contributed by atoms with Gasteiger partial charge in [-0.2, -0.15) is 0 Å². The van der Waals surface area contributed by atoms with Crippen molar-refractivity contribution in [2.24, 2.45) is 0 Å². The third-order valence-electron chi connectivity index (χ3n) is 2.96. The Kier molecular flexibility index (Phi) is 5.74. The van der Waals surface area contributed by atoms with E-state index in [1.807, 2.05) is 0 Å². The Morgan fingerprint density at radius 1 is 1.20 bits per heavy atom. The molecule has 0 spiro atoms. The second-order valence-corrected chi connectivity index (χ2v) is 6.24. The summed E-state index contributed by atoms with van der Waals surface area (Å²) >= 11 is 0. The van der Waals surface area contributed by atoms with Gasteiger partial charge in [0.25, 0.3) is 5.91 Å². The Hall–Kier alpha value is -2.90. The van der Waals surface area contributed by atoms with Gasteiger partial charge in [-0.1, -0.05) is 17.3 Å². The second-order valence-electron chi connectivity index (χ2n) is 6.24. The van der Waals surface area contributed by atoms with Crippen LogP contribution in [0.4, 0.5) is 9.18 Å². The summed E-state index contributed by atoms with van der Waals surface area (Å²) in [6.07, 6.45) is -0.565. The molecule has 8 heteroatoms. The standard InChI is InChI=1S/C17H20FN3O4/c1-17(2,3)24-16(23)20-9-8-19-15(22)13-10-14(25-21-13)11-6-4-5-7-12(11)18/h4-7,10H,8-9H2,1-3H3,(H,19,22)(H,20,23). The van der Waals surface area contributed by atoms with Crippen LogP contribution in [0, 0.1) is 5.82 Å². The van der Waals surface area contributed by atoms with Gasteiger partial charge in [-0.15, -0.1) is 0 Å². The third-order valence-corrected chi connectivity index (χ3v) is 2.96. The van der Waals surface area contributed by atoms with Crippen molar-refractivity contribution in [3.8, 4) is 11.3 Å². The molecule has 134 valence electrons. The number of benzene rings is 1. The minimum atomic E-state index is -0.586. The molecule has 1 aromatic heterocycles. The van der Waals surface area contributed by atoms with Crippen molar-refractivity contribution in [3.63, 3.8) is 0 Å². The van der Waals surface area contributed by atoms with Gasteiger partial charge >= 0.3 is 6.09 Å². The van der Waals surface area contributed by atoms with E-state index in [2.05, 4.69) is 15.8 Å². The van der Waals surface area contributed by atoms with Crippen LogP contribution in [-0.2, 0) is 4.74 Å². The number of nitrogens with zero attached hydrogens (tertiary/aromatic N) is 1. The van der Waals surface area contributed by atoms with E-state index in [4.69, 9.17) is 9.26 Å². The van der Waals surface area contributed by atoms with Crippen molar-refractivity contribution in [1.29, 1.82) is 0 Å². The first-order valence-electron chi connectivity index (χ1n) is 7.73. The maximum absolute atomic E-state index is 13.7. The Labute approximate surface area is 144 Å². The molecule has 2 amide bonds. The predicted octanol–water partition coefficient (Wildman–Crippen LogP) is 2.74. The molecule has 0 aliphatic rings. The minimum Gasteiger partial charge on any atom is -0.444 e. The van der Waals surface area contributed by atoms with Crippen LogP contribution in [0.5, 0.6) is 0 Å². The molecule has 0 saturated heterocycles. The number of alkyl carbamates (subject to hydrolysis) is 1. The van der Waals surface area contributed by atoms with Crippen LogP contribution < -0.4 is 10.6 Å². The molecule has 1 aromatic carbocycles. The van der Waals surface area contributed by atoms with E-state index >= 15 is 0 Å². The lowest BCUT2D eigenvalue weighted by Gasteiger charge is -2.19. The lowest BCUT2D eigenvalue weighted by molar-refractivity contribution is 0.0526. The molecule has 0 fully saturated rings. The fourth-order valence-corrected chi connectivity index (χ4v) is 1.92. The van der Waals surface area contributed by atoms with Gasteiger partial charge in [-0.25, -0.2) is 9.18 Å². The van der Waals surface area contributed by atoms with Gasteiger partial charge in [0, 0.05) is 19.2 Å². The highest BCUT2D eigenvalue weighted by Gasteiger charge is 2.17. The first-order valence-corrected chi connectivity index (χ1v) is 7.73. The summed E-state index contributed by atoms with van der Waals surface area (Å²) in [6, 6.07) is 7.39. The summed E-state index contributed by atoms with van der Waals surface area (Å²) < 4.78 is 23.8. The summed E-state index contributed by atoms with van der Waals surface area (Å²) in [4.78, 5) is 23.4. The van der Waals surface area contributed by atoms with Crippen LogP contribution in [0.2, 0.25) is 0 Å². The van der Waals surface area contributed by atoms with Gasteiger partial charge in [0.05, 0.1) is 5.56 Å².